The fourth-order valence-electron chi connectivity index (χ4n) is 2.70. The van der Waals surface area contributed by atoms with Gasteiger partial charge in [0.15, 0.2) is 5.78 Å². The second-order valence-electron chi connectivity index (χ2n) is 5.78. The predicted molar refractivity (Wildman–Crippen MR) is 76.3 cm³/mol. The summed E-state index contributed by atoms with van der Waals surface area (Å²) in [6, 6.07) is 4.02. The highest BCUT2D eigenvalue weighted by Crippen LogP contribution is 2.52. The highest BCUT2D eigenvalue weighted by molar-refractivity contribution is 6.10. The quantitative estimate of drug-likeness (QED) is 0.353. The van der Waals surface area contributed by atoms with Gasteiger partial charge in [0, 0.05) is 11.1 Å². The third-order valence-electron chi connectivity index (χ3n) is 3.76. The SMILES string of the molecule is O=C(c1ccccc1)c1cc(C(F)(F)F)c(C(F)(F)F)c(C(F)(F)F)c1C(F)(F)F. The van der Waals surface area contributed by atoms with Crippen molar-refractivity contribution < 1.29 is 57.5 Å². The van der Waals surface area contributed by atoms with E-state index in [1.807, 2.05) is 0 Å². The number of hydrogen-bond donors (Lipinski definition) is 0. The molecule has 164 valence electrons. The molecule has 30 heavy (non-hydrogen) atoms. The van der Waals surface area contributed by atoms with Gasteiger partial charge in [0.25, 0.3) is 0 Å². The Bertz CT molecular complexity index is 946. The number of carbonyl (C=O) groups is 1. The van der Waals surface area contributed by atoms with E-state index in [-0.39, 0.29) is 0 Å². The smallest absolute Gasteiger partial charge is 0.289 e. The average Bonchev–Trinajstić information content (AvgIpc) is 2.56. The second-order valence-corrected chi connectivity index (χ2v) is 5.78. The van der Waals surface area contributed by atoms with Gasteiger partial charge in [0.2, 0.25) is 0 Å². The van der Waals surface area contributed by atoms with Crippen LogP contribution in [0.2, 0.25) is 0 Å². The summed E-state index contributed by atoms with van der Waals surface area (Å²) in [5, 5.41) is 0. The maximum atomic E-state index is 13.4. The van der Waals surface area contributed by atoms with Crippen molar-refractivity contribution in [3.05, 3.63) is 69.8 Å². The zero-order chi connectivity index (χ0) is 23.3. The maximum Gasteiger partial charge on any atom is 0.417 e. The van der Waals surface area contributed by atoms with Crippen LogP contribution in [0.1, 0.15) is 38.2 Å². The molecule has 0 radical (unpaired) electrons. The van der Waals surface area contributed by atoms with E-state index in [4.69, 9.17) is 0 Å². The highest BCUT2D eigenvalue weighted by atomic mass is 19.4. The molecule has 2 aromatic carbocycles. The van der Waals surface area contributed by atoms with Crippen molar-refractivity contribution in [1.29, 1.82) is 0 Å². The lowest BCUT2D eigenvalue weighted by atomic mass is 9.86. The number of alkyl halides is 12. The first kappa shape index (κ1) is 23.5. The van der Waals surface area contributed by atoms with E-state index in [1.54, 1.807) is 0 Å². The van der Waals surface area contributed by atoms with Crippen LogP contribution in [0.25, 0.3) is 0 Å². The van der Waals surface area contributed by atoms with Crippen molar-refractivity contribution in [2.24, 2.45) is 0 Å². The molecule has 0 saturated carbocycles. The van der Waals surface area contributed by atoms with Gasteiger partial charge in [0.05, 0.1) is 22.3 Å². The van der Waals surface area contributed by atoms with E-state index in [1.165, 1.54) is 6.07 Å². The van der Waals surface area contributed by atoms with Crippen molar-refractivity contribution in [2.75, 3.05) is 0 Å². The number of ketones is 1. The molecule has 0 saturated heterocycles. The van der Waals surface area contributed by atoms with Gasteiger partial charge in [-0.3, -0.25) is 4.79 Å². The molecule has 0 amide bonds. The number of halogens is 12. The summed E-state index contributed by atoms with van der Waals surface area (Å²) in [7, 11) is 0. The van der Waals surface area contributed by atoms with Crippen LogP contribution in [0.5, 0.6) is 0 Å². The zero-order valence-corrected chi connectivity index (χ0v) is 13.9. The summed E-state index contributed by atoms with van der Waals surface area (Å²) in [5.74, 6) is -1.97. The third-order valence-corrected chi connectivity index (χ3v) is 3.76. The Morgan fingerprint density at radius 1 is 0.567 bits per heavy atom. The molecule has 2 aromatic rings. The maximum absolute atomic E-state index is 13.4. The average molecular weight is 454 g/mol. The molecule has 13 heteroatoms. The van der Waals surface area contributed by atoms with Crippen molar-refractivity contribution in [1.82, 2.24) is 0 Å². The Morgan fingerprint density at radius 2 is 1.00 bits per heavy atom. The Hall–Kier alpha value is -2.73. The molecule has 0 aliphatic carbocycles. The van der Waals surface area contributed by atoms with Crippen LogP contribution in [-0.4, -0.2) is 5.78 Å². The standard InChI is InChI=1S/C17H6F12O/c18-14(19,20)9-6-8(13(30)7-4-2-1-3-5-7)10(15(21,22)23)12(17(27,28)29)11(9)16(24,25)26/h1-6H. The summed E-state index contributed by atoms with van der Waals surface area (Å²) in [5.41, 5.74) is -16.4. The summed E-state index contributed by atoms with van der Waals surface area (Å²) >= 11 is 0. The van der Waals surface area contributed by atoms with Gasteiger partial charge >= 0.3 is 24.7 Å². The molecule has 0 heterocycles. The van der Waals surface area contributed by atoms with Gasteiger partial charge < -0.3 is 0 Å². The predicted octanol–water partition coefficient (Wildman–Crippen LogP) is 6.99. The minimum absolute atomic E-state index is 0.760. The fraction of sp³-hybridized carbons (Fsp3) is 0.235. The van der Waals surface area contributed by atoms with Gasteiger partial charge in [-0.1, -0.05) is 30.3 Å². The van der Waals surface area contributed by atoms with Crippen LogP contribution in [0.4, 0.5) is 52.7 Å². The molecule has 0 atom stereocenters. The van der Waals surface area contributed by atoms with Crippen molar-refractivity contribution in [3.63, 3.8) is 0 Å². The molecule has 0 spiro atoms. The van der Waals surface area contributed by atoms with Gasteiger partial charge in [-0.05, 0) is 6.07 Å². The Morgan fingerprint density at radius 3 is 1.37 bits per heavy atom. The van der Waals surface area contributed by atoms with Crippen molar-refractivity contribution >= 4 is 5.78 Å². The molecular formula is C17H6F12O. The first-order valence-corrected chi connectivity index (χ1v) is 7.46. The van der Waals surface area contributed by atoms with Gasteiger partial charge in [-0.2, -0.15) is 52.7 Å². The molecule has 0 aliphatic heterocycles. The fourth-order valence-corrected chi connectivity index (χ4v) is 2.70. The van der Waals surface area contributed by atoms with Crippen molar-refractivity contribution in [2.45, 2.75) is 24.7 Å². The topological polar surface area (TPSA) is 17.1 Å². The third kappa shape index (κ3) is 4.54. The number of hydrogen-bond acceptors (Lipinski definition) is 1. The van der Waals surface area contributed by atoms with Crippen molar-refractivity contribution in [3.8, 4) is 0 Å². The molecule has 0 aliphatic rings. The first-order valence-electron chi connectivity index (χ1n) is 7.46. The lowest BCUT2D eigenvalue weighted by molar-refractivity contribution is -0.182. The number of benzene rings is 2. The normalized spacial score (nSPS) is 13.5. The summed E-state index contributed by atoms with van der Waals surface area (Å²) in [6.45, 7) is 0. The summed E-state index contributed by atoms with van der Waals surface area (Å²) in [4.78, 5) is 12.3. The first-order chi connectivity index (χ1) is 13.4. The minimum Gasteiger partial charge on any atom is -0.289 e. The van der Waals surface area contributed by atoms with Crippen LogP contribution in [0.3, 0.4) is 0 Å². The van der Waals surface area contributed by atoms with Crippen LogP contribution < -0.4 is 0 Å². The Balaban J connectivity index is 3.16. The van der Waals surface area contributed by atoms with Crippen LogP contribution in [0, 0.1) is 0 Å². The van der Waals surface area contributed by atoms with Gasteiger partial charge in [-0.15, -0.1) is 0 Å². The molecule has 0 fully saturated rings. The van der Waals surface area contributed by atoms with Gasteiger partial charge in [-0.25, -0.2) is 0 Å². The Kier molecular flexibility index (Phi) is 5.65. The molecule has 0 bridgehead atoms. The van der Waals surface area contributed by atoms with E-state index >= 15 is 0 Å². The number of rotatable bonds is 2. The largest absolute Gasteiger partial charge is 0.417 e. The lowest BCUT2D eigenvalue weighted by Crippen LogP contribution is -2.30. The van der Waals surface area contributed by atoms with Crippen LogP contribution in [0.15, 0.2) is 36.4 Å². The molecule has 2 rings (SSSR count). The van der Waals surface area contributed by atoms with Crippen LogP contribution in [-0.2, 0) is 24.7 Å². The molecule has 0 unspecified atom stereocenters. The van der Waals surface area contributed by atoms with E-state index < -0.39 is 69.9 Å². The monoisotopic (exact) mass is 454 g/mol. The second kappa shape index (κ2) is 7.20. The Labute approximate surface area is 158 Å². The summed E-state index contributed by atoms with van der Waals surface area (Å²) < 4.78 is 159. The molecule has 0 N–H and O–H groups in total. The lowest BCUT2D eigenvalue weighted by Gasteiger charge is -2.26. The minimum atomic E-state index is -6.53. The van der Waals surface area contributed by atoms with E-state index in [2.05, 4.69) is 0 Å². The van der Waals surface area contributed by atoms with E-state index in [9.17, 15) is 57.5 Å². The molecule has 0 aromatic heterocycles. The highest BCUT2D eigenvalue weighted by Gasteiger charge is 2.56. The van der Waals surface area contributed by atoms with E-state index in [0.717, 1.165) is 24.3 Å². The molecular weight excluding hydrogens is 448 g/mol. The van der Waals surface area contributed by atoms with Gasteiger partial charge in [0.1, 0.15) is 0 Å². The van der Waals surface area contributed by atoms with E-state index in [0.29, 0.717) is 0 Å². The van der Waals surface area contributed by atoms with Crippen LogP contribution >= 0.6 is 0 Å². The number of carbonyl (C=O) groups excluding carboxylic acids is 1. The zero-order valence-electron chi connectivity index (χ0n) is 13.9. The molecule has 1 nitrogen and oxygen atoms in total. The summed E-state index contributed by atoms with van der Waals surface area (Å²) in [6.07, 6.45) is -25.4.